The molecule has 0 spiro atoms. The van der Waals surface area contributed by atoms with Gasteiger partial charge >= 0.3 is 0 Å². The number of H-pyrrole nitrogens is 1. The first kappa shape index (κ1) is 13.4. The molecule has 0 aliphatic heterocycles. The highest BCUT2D eigenvalue weighted by atomic mass is 79.9. The Morgan fingerprint density at radius 1 is 1.39 bits per heavy atom. The summed E-state index contributed by atoms with van der Waals surface area (Å²) in [6, 6.07) is 6.84. The van der Waals surface area contributed by atoms with Gasteiger partial charge in [0.05, 0.1) is 10.2 Å². The van der Waals surface area contributed by atoms with Crippen LogP contribution in [0.3, 0.4) is 0 Å². The predicted molar refractivity (Wildman–Crippen MR) is 76.6 cm³/mol. The molecule has 2 rings (SSSR count). The Morgan fingerprint density at radius 3 is 2.78 bits per heavy atom. The van der Waals surface area contributed by atoms with Gasteiger partial charge in [0, 0.05) is 11.5 Å². The molecule has 0 atom stereocenters. The van der Waals surface area contributed by atoms with Crippen molar-refractivity contribution in [2.24, 2.45) is 0 Å². The van der Waals surface area contributed by atoms with Crippen LogP contribution in [0.4, 0.5) is 4.39 Å². The molecule has 0 fully saturated rings. The van der Waals surface area contributed by atoms with Gasteiger partial charge in [-0.3, -0.25) is 0 Å². The molecule has 0 unspecified atom stereocenters. The summed E-state index contributed by atoms with van der Waals surface area (Å²) in [6.45, 7) is 4.02. The molecule has 0 bridgehead atoms. The first-order valence-electron chi connectivity index (χ1n) is 5.54. The van der Waals surface area contributed by atoms with E-state index in [4.69, 9.17) is 12.2 Å². The Kier molecular flexibility index (Phi) is 3.92. The molecule has 18 heavy (non-hydrogen) atoms. The fourth-order valence-electron chi connectivity index (χ4n) is 1.61. The molecule has 0 saturated carbocycles. The van der Waals surface area contributed by atoms with Crippen LogP contribution in [0.2, 0.25) is 0 Å². The van der Waals surface area contributed by atoms with Crippen LogP contribution in [-0.4, -0.2) is 9.97 Å². The van der Waals surface area contributed by atoms with Crippen LogP contribution in [0.5, 0.6) is 0 Å². The first-order chi connectivity index (χ1) is 8.49. The molecule has 0 aliphatic carbocycles. The Bertz CT molecular complexity index is 637. The summed E-state index contributed by atoms with van der Waals surface area (Å²) in [5.74, 6) is 0.669. The monoisotopic (exact) mass is 326 g/mol. The lowest BCUT2D eigenvalue weighted by Crippen LogP contribution is -2.00. The van der Waals surface area contributed by atoms with Gasteiger partial charge < -0.3 is 4.98 Å². The third-order valence-corrected chi connectivity index (χ3v) is 3.37. The number of aromatic amines is 1. The van der Waals surface area contributed by atoms with Crippen molar-refractivity contribution in [1.82, 2.24) is 9.97 Å². The molecule has 1 aromatic heterocycles. The van der Waals surface area contributed by atoms with Gasteiger partial charge in [-0.1, -0.05) is 32.1 Å². The number of nitrogens with one attached hydrogen (secondary N) is 1. The van der Waals surface area contributed by atoms with Crippen LogP contribution in [0.15, 0.2) is 28.7 Å². The molecule has 5 heteroatoms. The second-order valence-electron chi connectivity index (χ2n) is 4.27. The van der Waals surface area contributed by atoms with Gasteiger partial charge in [-0.05, 0) is 34.1 Å². The number of aromatic nitrogens is 2. The van der Waals surface area contributed by atoms with Gasteiger partial charge in [-0.25, -0.2) is 9.37 Å². The third kappa shape index (κ3) is 2.67. The topological polar surface area (TPSA) is 28.7 Å². The minimum absolute atomic E-state index is 0.210. The van der Waals surface area contributed by atoms with E-state index in [0.717, 1.165) is 5.82 Å². The van der Waals surface area contributed by atoms with E-state index in [1.165, 1.54) is 0 Å². The zero-order valence-corrected chi connectivity index (χ0v) is 12.4. The van der Waals surface area contributed by atoms with E-state index in [2.05, 4.69) is 25.9 Å². The maximum Gasteiger partial charge on any atom is 0.146 e. The van der Waals surface area contributed by atoms with E-state index >= 15 is 0 Å². The number of rotatable bonds is 2. The number of hydrogen-bond donors (Lipinski definition) is 1. The first-order valence-corrected chi connectivity index (χ1v) is 6.75. The summed E-state index contributed by atoms with van der Waals surface area (Å²) in [5.41, 5.74) is 1.14. The Hall–Kier alpha value is -1.07. The maximum absolute atomic E-state index is 14.0. The van der Waals surface area contributed by atoms with E-state index in [1.807, 2.05) is 13.8 Å². The zero-order chi connectivity index (χ0) is 13.3. The SMILES string of the molecule is CC(C)c1nc(=S)cc(-c2cccc(Br)c2F)[nH]1. The van der Waals surface area contributed by atoms with Crippen LogP contribution in [0.25, 0.3) is 11.3 Å². The summed E-state index contributed by atoms with van der Waals surface area (Å²) >= 11 is 8.30. The molecular weight excluding hydrogens is 315 g/mol. The van der Waals surface area contributed by atoms with Gasteiger partial charge in [-0.15, -0.1) is 0 Å². The molecule has 94 valence electrons. The van der Waals surface area contributed by atoms with Crippen molar-refractivity contribution in [2.75, 3.05) is 0 Å². The van der Waals surface area contributed by atoms with Crippen molar-refractivity contribution in [3.8, 4) is 11.3 Å². The Morgan fingerprint density at radius 2 is 2.11 bits per heavy atom. The number of nitrogens with zero attached hydrogens (tertiary/aromatic N) is 1. The second-order valence-corrected chi connectivity index (χ2v) is 5.55. The second kappa shape index (κ2) is 5.28. The van der Waals surface area contributed by atoms with E-state index in [9.17, 15) is 4.39 Å². The largest absolute Gasteiger partial charge is 0.343 e. The van der Waals surface area contributed by atoms with E-state index in [-0.39, 0.29) is 11.7 Å². The fraction of sp³-hybridized carbons (Fsp3) is 0.231. The molecule has 0 radical (unpaired) electrons. The van der Waals surface area contributed by atoms with Gasteiger partial charge in [-0.2, -0.15) is 0 Å². The molecule has 1 aromatic carbocycles. The van der Waals surface area contributed by atoms with Gasteiger partial charge in [0.2, 0.25) is 0 Å². The lowest BCUT2D eigenvalue weighted by Gasteiger charge is -2.09. The van der Waals surface area contributed by atoms with Crippen LogP contribution in [-0.2, 0) is 0 Å². The lowest BCUT2D eigenvalue weighted by molar-refractivity contribution is 0.623. The summed E-state index contributed by atoms with van der Waals surface area (Å²) in [7, 11) is 0. The van der Waals surface area contributed by atoms with Crippen molar-refractivity contribution in [3.63, 3.8) is 0 Å². The van der Waals surface area contributed by atoms with Crippen LogP contribution in [0, 0.1) is 10.5 Å². The molecule has 0 aliphatic rings. The molecular formula is C13H12BrFN2S. The van der Waals surface area contributed by atoms with Crippen LogP contribution in [0.1, 0.15) is 25.6 Å². The van der Waals surface area contributed by atoms with Crippen LogP contribution >= 0.6 is 28.1 Å². The molecule has 0 amide bonds. The minimum atomic E-state index is -0.302. The van der Waals surface area contributed by atoms with Gasteiger partial charge in [0.15, 0.2) is 0 Å². The standard InChI is InChI=1S/C13H12BrFN2S/c1-7(2)13-16-10(6-11(18)17-13)8-4-3-5-9(14)12(8)15/h3-7H,1-2H3,(H,16,17,18). The normalized spacial score (nSPS) is 10.9. The minimum Gasteiger partial charge on any atom is -0.343 e. The number of benzene rings is 1. The van der Waals surface area contributed by atoms with Crippen molar-refractivity contribution in [3.05, 3.63) is 45.0 Å². The average molecular weight is 327 g/mol. The average Bonchev–Trinajstić information content (AvgIpc) is 2.31. The molecule has 2 nitrogen and oxygen atoms in total. The van der Waals surface area contributed by atoms with Crippen molar-refractivity contribution in [1.29, 1.82) is 0 Å². The number of halogens is 2. The smallest absolute Gasteiger partial charge is 0.146 e. The van der Waals surface area contributed by atoms with Gasteiger partial charge in [0.1, 0.15) is 16.3 Å². The molecule has 1 N–H and O–H groups in total. The Balaban J connectivity index is 2.64. The summed E-state index contributed by atoms with van der Waals surface area (Å²) in [6.07, 6.45) is 0. The summed E-state index contributed by atoms with van der Waals surface area (Å²) in [4.78, 5) is 7.37. The quantitative estimate of drug-likeness (QED) is 0.800. The number of hydrogen-bond acceptors (Lipinski definition) is 2. The third-order valence-electron chi connectivity index (χ3n) is 2.55. The van der Waals surface area contributed by atoms with Crippen molar-refractivity contribution < 1.29 is 4.39 Å². The van der Waals surface area contributed by atoms with Crippen molar-refractivity contribution >= 4 is 28.1 Å². The highest BCUT2D eigenvalue weighted by molar-refractivity contribution is 9.10. The van der Waals surface area contributed by atoms with E-state index in [1.54, 1.807) is 24.3 Å². The predicted octanol–water partition coefficient (Wildman–Crippen LogP) is 4.83. The Labute approximate surface area is 118 Å². The summed E-state index contributed by atoms with van der Waals surface area (Å²) in [5, 5.41) is 0. The maximum atomic E-state index is 14.0. The fourth-order valence-corrected chi connectivity index (χ4v) is 2.19. The van der Waals surface area contributed by atoms with Crippen molar-refractivity contribution in [2.45, 2.75) is 19.8 Å². The highest BCUT2D eigenvalue weighted by Gasteiger charge is 2.11. The van der Waals surface area contributed by atoms with E-state index in [0.29, 0.717) is 20.4 Å². The summed E-state index contributed by atoms with van der Waals surface area (Å²) < 4.78 is 14.9. The highest BCUT2D eigenvalue weighted by Crippen LogP contribution is 2.27. The molecule has 2 aromatic rings. The van der Waals surface area contributed by atoms with E-state index < -0.39 is 0 Å². The molecule has 0 saturated heterocycles. The van der Waals surface area contributed by atoms with Gasteiger partial charge in [0.25, 0.3) is 0 Å². The van der Waals surface area contributed by atoms with Crippen LogP contribution < -0.4 is 0 Å². The lowest BCUT2D eigenvalue weighted by atomic mass is 10.1. The molecule has 1 heterocycles. The zero-order valence-electron chi connectivity index (χ0n) is 10.00.